The number of amides is 2. The average molecular weight is 385 g/mol. The summed E-state index contributed by atoms with van der Waals surface area (Å²) in [4.78, 5) is 28.9. The van der Waals surface area contributed by atoms with Crippen LogP contribution in [0.5, 0.6) is 11.6 Å². The first kappa shape index (κ1) is 21.2. The molecule has 0 aliphatic rings. The Bertz CT molecular complexity index is 836. The van der Waals surface area contributed by atoms with Crippen molar-refractivity contribution in [3.63, 3.8) is 0 Å². The Balaban J connectivity index is 2.24. The fourth-order valence-electron chi connectivity index (χ4n) is 2.52. The van der Waals surface area contributed by atoms with Crippen LogP contribution in [0, 0.1) is 5.92 Å². The van der Waals surface area contributed by atoms with Crippen LogP contribution in [0.25, 0.3) is 0 Å². The van der Waals surface area contributed by atoms with Crippen molar-refractivity contribution < 1.29 is 19.1 Å². The minimum atomic E-state index is -0.299. The minimum absolute atomic E-state index is 0.118. The van der Waals surface area contributed by atoms with Crippen LogP contribution in [0.3, 0.4) is 0 Å². The van der Waals surface area contributed by atoms with Crippen molar-refractivity contribution in [3.8, 4) is 11.6 Å². The molecule has 7 heteroatoms. The fraction of sp³-hybridized carbons (Fsp3) is 0.381. The van der Waals surface area contributed by atoms with Gasteiger partial charge in [-0.05, 0) is 43.7 Å². The Labute approximate surface area is 165 Å². The van der Waals surface area contributed by atoms with Crippen LogP contribution in [-0.2, 0) is 4.79 Å². The summed E-state index contributed by atoms with van der Waals surface area (Å²) in [6.07, 6.45) is 1.63. The van der Waals surface area contributed by atoms with E-state index in [1.165, 1.54) is 0 Å². The molecule has 0 saturated heterocycles. The zero-order chi connectivity index (χ0) is 20.7. The summed E-state index contributed by atoms with van der Waals surface area (Å²) in [5.74, 6) is 0.361. The molecule has 0 spiro atoms. The average Bonchev–Trinajstić information content (AvgIpc) is 2.69. The summed E-state index contributed by atoms with van der Waals surface area (Å²) >= 11 is 0. The summed E-state index contributed by atoms with van der Waals surface area (Å²) < 4.78 is 10.7. The molecule has 0 bridgehead atoms. The van der Waals surface area contributed by atoms with Crippen LogP contribution in [0.15, 0.2) is 36.5 Å². The van der Waals surface area contributed by atoms with Gasteiger partial charge in [0.15, 0.2) is 0 Å². The van der Waals surface area contributed by atoms with Crippen LogP contribution in [0.4, 0.5) is 5.69 Å². The molecule has 1 unspecified atom stereocenters. The Morgan fingerprint density at radius 2 is 1.89 bits per heavy atom. The van der Waals surface area contributed by atoms with Crippen molar-refractivity contribution in [3.05, 3.63) is 47.7 Å². The van der Waals surface area contributed by atoms with Gasteiger partial charge in [0.05, 0.1) is 25.3 Å². The molecule has 150 valence electrons. The van der Waals surface area contributed by atoms with E-state index >= 15 is 0 Å². The van der Waals surface area contributed by atoms with Gasteiger partial charge in [-0.2, -0.15) is 0 Å². The molecule has 0 saturated carbocycles. The number of aromatic nitrogens is 1. The number of hydrogen-bond acceptors (Lipinski definition) is 5. The zero-order valence-electron chi connectivity index (χ0n) is 16.9. The van der Waals surface area contributed by atoms with Crippen molar-refractivity contribution in [2.45, 2.75) is 33.7 Å². The summed E-state index contributed by atoms with van der Waals surface area (Å²) in [6.45, 7) is 7.76. The summed E-state index contributed by atoms with van der Waals surface area (Å²) in [6, 6.07) is 8.35. The van der Waals surface area contributed by atoms with Gasteiger partial charge in [-0.25, -0.2) is 4.98 Å². The van der Waals surface area contributed by atoms with E-state index in [1.807, 2.05) is 33.8 Å². The summed E-state index contributed by atoms with van der Waals surface area (Å²) in [5, 5.41) is 5.76. The monoisotopic (exact) mass is 385 g/mol. The molecule has 1 aromatic carbocycles. The van der Waals surface area contributed by atoms with E-state index in [1.54, 1.807) is 37.6 Å². The van der Waals surface area contributed by atoms with Crippen LogP contribution < -0.4 is 20.1 Å². The second kappa shape index (κ2) is 9.73. The van der Waals surface area contributed by atoms with Gasteiger partial charge in [0.1, 0.15) is 5.75 Å². The molecule has 0 fully saturated rings. The number of anilines is 1. The molecule has 2 rings (SSSR count). The predicted octanol–water partition coefficient (Wildman–Crippen LogP) is 3.57. The molecular formula is C21H27N3O4. The highest BCUT2D eigenvalue weighted by molar-refractivity contribution is 6.00. The molecule has 0 radical (unpaired) electrons. The van der Waals surface area contributed by atoms with Gasteiger partial charge in [0.2, 0.25) is 11.8 Å². The highest BCUT2D eigenvalue weighted by atomic mass is 16.5. The van der Waals surface area contributed by atoms with Crippen LogP contribution in [-0.4, -0.2) is 30.5 Å². The van der Waals surface area contributed by atoms with E-state index in [0.29, 0.717) is 29.5 Å². The van der Waals surface area contributed by atoms with Crippen molar-refractivity contribution in [1.82, 2.24) is 10.3 Å². The number of hydrogen-bond donors (Lipinski definition) is 2. The number of ether oxygens (including phenoxy) is 2. The van der Waals surface area contributed by atoms with E-state index in [9.17, 15) is 9.59 Å². The minimum Gasteiger partial charge on any atom is -0.493 e. The Kier molecular flexibility index (Phi) is 7.37. The summed E-state index contributed by atoms with van der Waals surface area (Å²) in [7, 11) is 1.54. The largest absolute Gasteiger partial charge is 0.493 e. The first-order valence-electron chi connectivity index (χ1n) is 9.24. The van der Waals surface area contributed by atoms with E-state index in [4.69, 9.17) is 9.47 Å². The zero-order valence-corrected chi connectivity index (χ0v) is 16.9. The number of nitrogens with one attached hydrogen (secondary N) is 2. The van der Waals surface area contributed by atoms with Gasteiger partial charge in [-0.15, -0.1) is 0 Å². The third kappa shape index (κ3) is 5.45. The molecule has 7 nitrogen and oxygen atoms in total. The lowest BCUT2D eigenvalue weighted by atomic mass is 10.1. The topological polar surface area (TPSA) is 89.5 Å². The van der Waals surface area contributed by atoms with Gasteiger partial charge in [-0.1, -0.05) is 13.8 Å². The Hall–Kier alpha value is -3.09. The van der Waals surface area contributed by atoms with Crippen LogP contribution in [0.2, 0.25) is 0 Å². The highest BCUT2D eigenvalue weighted by Crippen LogP contribution is 2.25. The highest BCUT2D eigenvalue weighted by Gasteiger charge is 2.18. The maximum atomic E-state index is 12.9. The van der Waals surface area contributed by atoms with Gasteiger partial charge in [0.25, 0.3) is 5.91 Å². The molecule has 2 amide bonds. The molecular weight excluding hydrogens is 358 g/mol. The molecule has 28 heavy (non-hydrogen) atoms. The second-order valence-corrected chi connectivity index (χ2v) is 6.61. The number of carbonyl (C=O) groups is 2. The molecule has 2 N–H and O–H groups in total. The third-order valence-electron chi connectivity index (χ3n) is 4.13. The maximum absolute atomic E-state index is 12.9. The van der Waals surface area contributed by atoms with E-state index in [0.717, 1.165) is 5.56 Å². The van der Waals surface area contributed by atoms with E-state index in [-0.39, 0.29) is 23.8 Å². The number of benzene rings is 1. The van der Waals surface area contributed by atoms with Gasteiger partial charge < -0.3 is 20.1 Å². The molecule has 0 aliphatic heterocycles. The van der Waals surface area contributed by atoms with Crippen molar-refractivity contribution in [1.29, 1.82) is 0 Å². The van der Waals surface area contributed by atoms with Crippen molar-refractivity contribution in [2.75, 3.05) is 19.0 Å². The number of methoxy groups -OCH3 is 1. The second-order valence-electron chi connectivity index (χ2n) is 6.61. The standard InChI is InChI=1S/C21H27N3O4/c1-6-28-18-8-7-16(24-20(25)13(2)3)12-17(18)21(26)23-14(4)15-9-10-22-19(11-15)27-5/h7-14H,6H2,1-5H3,(H,23,26)(H,24,25). The summed E-state index contributed by atoms with van der Waals surface area (Å²) in [5.41, 5.74) is 1.77. The smallest absolute Gasteiger partial charge is 0.255 e. The SMILES string of the molecule is CCOc1ccc(NC(=O)C(C)C)cc1C(=O)NC(C)c1ccnc(OC)c1. The van der Waals surface area contributed by atoms with Crippen molar-refractivity contribution in [2.24, 2.45) is 5.92 Å². The lowest BCUT2D eigenvalue weighted by Crippen LogP contribution is -2.27. The molecule has 2 aromatic rings. The van der Waals surface area contributed by atoms with E-state index < -0.39 is 0 Å². The molecule has 1 aromatic heterocycles. The van der Waals surface area contributed by atoms with E-state index in [2.05, 4.69) is 15.6 Å². The molecule has 1 heterocycles. The fourth-order valence-corrected chi connectivity index (χ4v) is 2.52. The lowest BCUT2D eigenvalue weighted by Gasteiger charge is -2.17. The van der Waals surface area contributed by atoms with Crippen molar-refractivity contribution >= 4 is 17.5 Å². The van der Waals surface area contributed by atoms with Crippen LogP contribution >= 0.6 is 0 Å². The quantitative estimate of drug-likeness (QED) is 0.725. The number of nitrogens with zero attached hydrogens (tertiary/aromatic N) is 1. The van der Waals surface area contributed by atoms with Crippen LogP contribution in [0.1, 0.15) is 49.7 Å². The number of carbonyl (C=O) groups excluding carboxylic acids is 2. The third-order valence-corrected chi connectivity index (χ3v) is 4.13. The number of pyridine rings is 1. The number of rotatable bonds is 8. The Morgan fingerprint density at radius 3 is 2.54 bits per heavy atom. The van der Waals surface area contributed by atoms with Gasteiger partial charge >= 0.3 is 0 Å². The normalized spacial score (nSPS) is 11.6. The maximum Gasteiger partial charge on any atom is 0.255 e. The molecule has 0 aliphatic carbocycles. The predicted molar refractivity (Wildman–Crippen MR) is 108 cm³/mol. The lowest BCUT2D eigenvalue weighted by molar-refractivity contribution is -0.118. The first-order chi connectivity index (χ1) is 13.3. The first-order valence-corrected chi connectivity index (χ1v) is 9.24. The van der Waals surface area contributed by atoms with Gasteiger partial charge in [0, 0.05) is 23.9 Å². The molecule has 1 atom stereocenters. The Morgan fingerprint density at radius 1 is 1.14 bits per heavy atom. The van der Waals surface area contributed by atoms with Gasteiger partial charge in [-0.3, -0.25) is 9.59 Å².